The van der Waals surface area contributed by atoms with Crippen LogP contribution >= 0.6 is 11.6 Å². The van der Waals surface area contributed by atoms with Crippen molar-refractivity contribution >= 4 is 39.9 Å². The first-order chi connectivity index (χ1) is 10.0. The lowest BCUT2D eigenvalue weighted by Gasteiger charge is -2.07. The van der Waals surface area contributed by atoms with Gasteiger partial charge in [0, 0.05) is 21.8 Å². The highest BCUT2D eigenvalue weighted by Crippen LogP contribution is 2.24. The van der Waals surface area contributed by atoms with Crippen molar-refractivity contribution in [1.29, 1.82) is 0 Å². The van der Waals surface area contributed by atoms with Crippen molar-refractivity contribution in [2.24, 2.45) is 0 Å². The van der Waals surface area contributed by atoms with Crippen LogP contribution in [0.25, 0.3) is 11.0 Å². The van der Waals surface area contributed by atoms with Crippen molar-refractivity contribution in [2.45, 2.75) is 6.92 Å². The monoisotopic (exact) mass is 300 g/mol. The molecule has 0 aliphatic heterocycles. The van der Waals surface area contributed by atoms with E-state index < -0.39 is 0 Å². The smallest absolute Gasteiger partial charge is 0.291 e. The Labute approximate surface area is 126 Å². The zero-order chi connectivity index (χ0) is 15.0. The van der Waals surface area contributed by atoms with Crippen LogP contribution in [-0.2, 0) is 0 Å². The third-order valence-electron chi connectivity index (χ3n) is 3.21. The number of furan rings is 1. The summed E-state index contributed by atoms with van der Waals surface area (Å²) in [5, 5.41) is 4.15. The Morgan fingerprint density at radius 3 is 2.81 bits per heavy atom. The van der Waals surface area contributed by atoms with Gasteiger partial charge in [-0.2, -0.15) is 0 Å². The van der Waals surface area contributed by atoms with E-state index in [1.807, 2.05) is 13.0 Å². The Balaban J connectivity index is 1.91. The van der Waals surface area contributed by atoms with Gasteiger partial charge in [-0.25, -0.2) is 0 Å². The van der Waals surface area contributed by atoms with Crippen LogP contribution in [0.3, 0.4) is 0 Å². The maximum Gasteiger partial charge on any atom is 0.291 e. The minimum Gasteiger partial charge on any atom is -0.451 e. The van der Waals surface area contributed by atoms with E-state index in [0.717, 1.165) is 10.9 Å². The predicted molar refractivity (Wildman–Crippen MR) is 84.8 cm³/mol. The van der Waals surface area contributed by atoms with Gasteiger partial charge in [-0.15, -0.1) is 0 Å². The van der Waals surface area contributed by atoms with E-state index in [-0.39, 0.29) is 11.7 Å². The molecule has 0 fully saturated rings. The molecule has 21 heavy (non-hydrogen) atoms. The Morgan fingerprint density at radius 2 is 2.00 bits per heavy atom. The Bertz CT molecular complexity index is 839. The molecule has 3 aromatic rings. The molecule has 4 nitrogen and oxygen atoms in total. The molecule has 1 amide bonds. The SMILES string of the molecule is Cc1ccc(Cl)cc1NC(=O)c1cc2cc(N)ccc2o1. The Kier molecular flexibility index (Phi) is 3.31. The summed E-state index contributed by atoms with van der Waals surface area (Å²) in [6.45, 7) is 1.89. The van der Waals surface area contributed by atoms with Crippen LogP contribution in [-0.4, -0.2) is 5.91 Å². The third kappa shape index (κ3) is 2.71. The Morgan fingerprint density at radius 1 is 1.19 bits per heavy atom. The number of carbonyl (C=O) groups is 1. The molecule has 2 aromatic carbocycles. The molecule has 106 valence electrons. The van der Waals surface area contributed by atoms with Gasteiger partial charge < -0.3 is 15.5 Å². The first-order valence-corrected chi connectivity index (χ1v) is 6.77. The van der Waals surface area contributed by atoms with E-state index in [2.05, 4.69) is 5.32 Å². The summed E-state index contributed by atoms with van der Waals surface area (Å²) in [5.74, 6) is -0.0925. The van der Waals surface area contributed by atoms with Gasteiger partial charge in [0.15, 0.2) is 5.76 Å². The number of benzene rings is 2. The number of amides is 1. The standard InChI is InChI=1S/C16H13ClN2O2/c1-9-2-3-11(17)8-13(9)19-16(20)15-7-10-6-12(18)4-5-14(10)21-15/h2-8H,18H2,1H3,(H,19,20). The van der Waals surface area contributed by atoms with Crippen molar-refractivity contribution in [3.63, 3.8) is 0 Å². The number of halogens is 1. The second-order valence-electron chi connectivity index (χ2n) is 4.82. The minimum absolute atomic E-state index is 0.231. The van der Waals surface area contributed by atoms with Gasteiger partial charge in [0.2, 0.25) is 0 Å². The molecule has 5 heteroatoms. The van der Waals surface area contributed by atoms with Gasteiger partial charge in [-0.05, 0) is 48.9 Å². The number of aryl methyl sites for hydroxylation is 1. The number of fused-ring (bicyclic) bond motifs is 1. The highest BCUT2D eigenvalue weighted by atomic mass is 35.5. The van der Waals surface area contributed by atoms with Crippen LogP contribution in [0, 0.1) is 6.92 Å². The molecule has 1 heterocycles. The van der Waals surface area contributed by atoms with Crippen molar-refractivity contribution in [3.05, 3.63) is 58.8 Å². The van der Waals surface area contributed by atoms with Gasteiger partial charge >= 0.3 is 0 Å². The zero-order valence-electron chi connectivity index (χ0n) is 11.3. The van der Waals surface area contributed by atoms with Crippen molar-refractivity contribution in [3.8, 4) is 0 Å². The minimum atomic E-state index is -0.324. The van der Waals surface area contributed by atoms with Crippen molar-refractivity contribution < 1.29 is 9.21 Å². The lowest BCUT2D eigenvalue weighted by Crippen LogP contribution is -2.11. The zero-order valence-corrected chi connectivity index (χ0v) is 12.1. The fourth-order valence-electron chi connectivity index (χ4n) is 2.09. The maximum absolute atomic E-state index is 12.3. The summed E-state index contributed by atoms with van der Waals surface area (Å²) >= 11 is 5.94. The van der Waals surface area contributed by atoms with Crippen LogP contribution in [0.5, 0.6) is 0 Å². The number of hydrogen-bond donors (Lipinski definition) is 2. The van der Waals surface area contributed by atoms with E-state index in [1.165, 1.54) is 0 Å². The fourth-order valence-corrected chi connectivity index (χ4v) is 2.26. The number of nitrogens with one attached hydrogen (secondary N) is 1. The number of nitrogen functional groups attached to an aromatic ring is 1. The lowest BCUT2D eigenvalue weighted by atomic mass is 10.2. The van der Waals surface area contributed by atoms with Crippen LogP contribution < -0.4 is 11.1 Å². The van der Waals surface area contributed by atoms with E-state index in [1.54, 1.807) is 36.4 Å². The van der Waals surface area contributed by atoms with Gasteiger partial charge in [0.25, 0.3) is 5.91 Å². The van der Waals surface area contributed by atoms with E-state index >= 15 is 0 Å². The molecule has 0 aliphatic rings. The number of rotatable bonds is 2. The molecule has 3 rings (SSSR count). The van der Waals surface area contributed by atoms with Crippen LogP contribution in [0.1, 0.15) is 16.1 Å². The molecule has 1 aromatic heterocycles. The number of carbonyl (C=O) groups excluding carboxylic acids is 1. The molecule has 0 radical (unpaired) electrons. The van der Waals surface area contributed by atoms with Crippen LogP contribution in [0.15, 0.2) is 46.9 Å². The second-order valence-corrected chi connectivity index (χ2v) is 5.26. The van der Waals surface area contributed by atoms with Gasteiger partial charge in [-0.3, -0.25) is 4.79 Å². The summed E-state index contributed by atoms with van der Waals surface area (Å²) in [6, 6.07) is 12.2. The molecule has 0 atom stereocenters. The highest BCUT2D eigenvalue weighted by molar-refractivity contribution is 6.31. The quantitative estimate of drug-likeness (QED) is 0.696. The molecular weight excluding hydrogens is 288 g/mol. The second kappa shape index (κ2) is 5.14. The number of nitrogens with two attached hydrogens (primary N) is 1. The number of hydrogen-bond acceptors (Lipinski definition) is 3. The predicted octanol–water partition coefficient (Wildman–Crippen LogP) is 4.23. The van der Waals surface area contributed by atoms with E-state index in [4.69, 9.17) is 21.8 Å². The molecule has 0 saturated carbocycles. The van der Waals surface area contributed by atoms with Crippen LogP contribution in [0.2, 0.25) is 5.02 Å². The first kappa shape index (κ1) is 13.5. The van der Waals surface area contributed by atoms with Gasteiger partial charge in [0.05, 0.1) is 0 Å². The summed E-state index contributed by atoms with van der Waals surface area (Å²) in [7, 11) is 0. The summed E-state index contributed by atoms with van der Waals surface area (Å²) < 4.78 is 5.53. The molecule has 0 unspecified atom stereocenters. The molecule has 3 N–H and O–H groups in total. The summed E-state index contributed by atoms with van der Waals surface area (Å²) in [6.07, 6.45) is 0. The summed E-state index contributed by atoms with van der Waals surface area (Å²) in [4.78, 5) is 12.3. The largest absolute Gasteiger partial charge is 0.451 e. The highest BCUT2D eigenvalue weighted by Gasteiger charge is 2.13. The van der Waals surface area contributed by atoms with E-state index in [9.17, 15) is 4.79 Å². The van der Waals surface area contributed by atoms with Gasteiger partial charge in [-0.1, -0.05) is 17.7 Å². The van der Waals surface area contributed by atoms with Crippen molar-refractivity contribution in [2.75, 3.05) is 11.1 Å². The average molecular weight is 301 g/mol. The maximum atomic E-state index is 12.3. The normalized spacial score (nSPS) is 10.8. The van der Waals surface area contributed by atoms with Crippen molar-refractivity contribution in [1.82, 2.24) is 0 Å². The molecule has 0 bridgehead atoms. The Hall–Kier alpha value is -2.46. The summed E-state index contributed by atoms with van der Waals surface area (Å²) in [5.41, 5.74) is 8.54. The topological polar surface area (TPSA) is 68.3 Å². The lowest BCUT2D eigenvalue weighted by molar-refractivity contribution is 0.0998. The molecular formula is C16H13ClN2O2. The number of anilines is 2. The first-order valence-electron chi connectivity index (χ1n) is 6.39. The molecule has 0 spiro atoms. The van der Waals surface area contributed by atoms with E-state index in [0.29, 0.717) is 22.0 Å². The fraction of sp³-hybridized carbons (Fsp3) is 0.0625. The molecule has 0 saturated heterocycles. The average Bonchev–Trinajstić information content (AvgIpc) is 2.86. The van der Waals surface area contributed by atoms with Gasteiger partial charge in [0.1, 0.15) is 5.58 Å². The third-order valence-corrected chi connectivity index (χ3v) is 3.45. The molecule has 0 aliphatic carbocycles. The van der Waals surface area contributed by atoms with Crippen LogP contribution in [0.4, 0.5) is 11.4 Å².